The highest BCUT2D eigenvalue weighted by Gasteiger charge is 2.51. The highest BCUT2D eigenvalue weighted by molar-refractivity contribution is 6.62. The molecule has 22 heavy (non-hydrogen) atoms. The molecule has 0 spiro atoms. The number of hydrogen-bond acceptors (Lipinski definition) is 4. The maximum Gasteiger partial charge on any atom is 0.494 e. The number of carbonyl (C=O) groups excluding carboxylic acids is 1. The van der Waals surface area contributed by atoms with Gasteiger partial charge in [-0.1, -0.05) is 18.2 Å². The molecule has 2 aliphatic rings. The molecule has 0 aromatic heterocycles. The first-order chi connectivity index (χ1) is 10.2. The molecule has 4 nitrogen and oxygen atoms in total. The molecule has 0 bridgehead atoms. The van der Waals surface area contributed by atoms with E-state index in [1.165, 1.54) is 12.7 Å². The first-order valence-corrected chi connectivity index (χ1v) is 7.81. The standard InChI is InChI=1S/C17H23BO4/c1-16(2)17(3,4)22-18(21-16)12-7-9-13-11(10-12)6-8-14(13)15(19)20-5/h7,9-10,14H,6,8H2,1-5H3. The fraction of sp³-hybridized carbons (Fsp3) is 0.588. The first kappa shape index (κ1) is 15.6. The molecule has 3 rings (SSSR count). The van der Waals surface area contributed by atoms with Crippen molar-refractivity contribution in [3.63, 3.8) is 0 Å². The summed E-state index contributed by atoms with van der Waals surface area (Å²) in [6.45, 7) is 8.20. The highest BCUT2D eigenvalue weighted by Crippen LogP contribution is 2.37. The van der Waals surface area contributed by atoms with Crippen LogP contribution in [0.5, 0.6) is 0 Å². The minimum Gasteiger partial charge on any atom is -0.469 e. The Morgan fingerprint density at radius 3 is 2.45 bits per heavy atom. The molecule has 1 fully saturated rings. The van der Waals surface area contributed by atoms with Gasteiger partial charge in [0, 0.05) is 0 Å². The van der Waals surface area contributed by atoms with Crippen LogP contribution in [0.3, 0.4) is 0 Å². The number of esters is 1. The van der Waals surface area contributed by atoms with E-state index >= 15 is 0 Å². The molecule has 1 aliphatic heterocycles. The number of fused-ring (bicyclic) bond motifs is 1. The number of benzene rings is 1. The largest absolute Gasteiger partial charge is 0.494 e. The molecule has 0 amide bonds. The molecule has 0 radical (unpaired) electrons. The summed E-state index contributed by atoms with van der Waals surface area (Å²) in [5.74, 6) is -0.283. The average molecular weight is 302 g/mol. The van der Waals surface area contributed by atoms with Crippen LogP contribution in [0.15, 0.2) is 18.2 Å². The van der Waals surface area contributed by atoms with Crippen LogP contribution in [0, 0.1) is 0 Å². The zero-order chi connectivity index (χ0) is 16.1. The highest BCUT2D eigenvalue weighted by atomic mass is 16.7. The average Bonchev–Trinajstić information content (AvgIpc) is 2.96. The van der Waals surface area contributed by atoms with Crippen LogP contribution in [0.25, 0.3) is 0 Å². The third-order valence-electron chi connectivity index (χ3n) is 5.26. The zero-order valence-electron chi connectivity index (χ0n) is 13.9. The van der Waals surface area contributed by atoms with E-state index in [1.807, 2.05) is 39.8 Å². The number of hydrogen-bond donors (Lipinski definition) is 0. The Bertz CT molecular complexity index is 593. The third kappa shape index (κ3) is 2.36. The lowest BCUT2D eigenvalue weighted by Crippen LogP contribution is -2.41. The lowest BCUT2D eigenvalue weighted by atomic mass is 9.77. The summed E-state index contributed by atoms with van der Waals surface area (Å²) in [5.41, 5.74) is 2.61. The Morgan fingerprint density at radius 1 is 1.23 bits per heavy atom. The van der Waals surface area contributed by atoms with Gasteiger partial charge in [-0.2, -0.15) is 0 Å². The van der Waals surface area contributed by atoms with Crippen molar-refractivity contribution in [3.05, 3.63) is 29.3 Å². The maximum atomic E-state index is 11.8. The topological polar surface area (TPSA) is 44.8 Å². The van der Waals surface area contributed by atoms with Gasteiger partial charge in [0.1, 0.15) is 0 Å². The van der Waals surface area contributed by atoms with E-state index in [-0.39, 0.29) is 30.2 Å². The Balaban J connectivity index is 1.86. The van der Waals surface area contributed by atoms with Crippen molar-refractivity contribution in [2.75, 3.05) is 7.11 Å². The number of aryl methyl sites for hydroxylation is 1. The Morgan fingerprint density at radius 2 is 1.86 bits per heavy atom. The predicted octanol–water partition coefficient (Wildman–Crippen LogP) is 2.19. The van der Waals surface area contributed by atoms with Gasteiger partial charge in [0.2, 0.25) is 0 Å². The van der Waals surface area contributed by atoms with Crippen molar-refractivity contribution in [2.45, 2.75) is 57.7 Å². The summed E-state index contributed by atoms with van der Waals surface area (Å²) < 4.78 is 17.1. The molecule has 1 saturated heterocycles. The van der Waals surface area contributed by atoms with Gasteiger partial charge in [0.15, 0.2) is 0 Å². The van der Waals surface area contributed by atoms with Crippen LogP contribution in [-0.2, 0) is 25.3 Å². The molecule has 1 heterocycles. The predicted molar refractivity (Wildman–Crippen MR) is 85.2 cm³/mol. The second-order valence-electron chi connectivity index (χ2n) is 7.16. The summed E-state index contributed by atoms with van der Waals surface area (Å²) >= 11 is 0. The quantitative estimate of drug-likeness (QED) is 0.620. The second-order valence-corrected chi connectivity index (χ2v) is 7.16. The van der Waals surface area contributed by atoms with Gasteiger partial charge in [-0.3, -0.25) is 4.79 Å². The van der Waals surface area contributed by atoms with Crippen molar-refractivity contribution in [2.24, 2.45) is 0 Å². The number of carbonyl (C=O) groups is 1. The molecule has 1 aromatic rings. The summed E-state index contributed by atoms with van der Waals surface area (Å²) in [6, 6.07) is 6.13. The van der Waals surface area contributed by atoms with Crippen molar-refractivity contribution >= 4 is 18.6 Å². The van der Waals surface area contributed by atoms with Crippen molar-refractivity contribution in [1.29, 1.82) is 0 Å². The number of methoxy groups -OCH3 is 1. The fourth-order valence-corrected chi connectivity index (χ4v) is 3.15. The molecule has 5 heteroatoms. The van der Waals surface area contributed by atoms with Crippen LogP contribution in [0.1, 0.15) is 51.2 Å². The van der Waals surface area contributed by atoms with Gasteiger partial charge in [0.05, 0.1) is 24.2 Å². The van der Waals surface area contributed by atoms with Gasteiger partial charge in [0.25, 0.3) is 0 Å². The van der Waals surface area contributed by atoms with E-state index in [4.69, 9.17) is 14.0 Å². The molecular weight excluding hydrogens is 279 g/mol. The van der Waals surface area contributed by atoms with Crippen LogP contribution in [0.4, 0.5) is 0 Å². The minimum atomic E-state index is -0.354. The van der Waals surface area contributed by atoms with Gasteiger partial charge < -0.3 is 14.0 Å². The zero-order valence-corrected chi connectivity index (χ0v) is 13.9. The molecular formula is C17H23BO4. The lowest BCUT2D eigenvalue weighted by molar-refractivity contribution is -0.142. The maximum absolute atomic E-state index is 11.8. The van der Waals surface area contributed by atoms with Gasteiger partial charge in [-0.25, -0.2) is 0 Å². The minimum absolute atomic E-state index is 0.132. The Labute approximate surface area is 132 Å². The van der Waals surface area contributed by atoms with Crippen LogP contribution in [-0.4, -0.2) is 31.4 Å². The molecule has 1 atom stereocenters. The van der Waals surface area contributed by atoms with Crippen molar-refractivity contribution < 1.29 is 18.8 Å². The number of rotatable bonds is 2. The summed E-state index contributed by atoms with van der Waals surface area (Å²) in [6.07, 6.45) is 1.71. The van der Waals surface area contributed by atoms with Crippen LogP contribution in [0.2, 0.25) is 0 Å². The molecule has 1 aliphatic carbocycles. The van der Waals surface area contributed by atoms with E-state index in [0.717, 1.165) is 23.9 Å². The van der Waals surface area contributed by atoms with Crippen molar-refractivity contribution in [1.82, 2.24) is 0 Å². The van der Waals surface area contributed by atoms with E-state index in [1.54, 1.807) is 0 Å². The molecule has 0 N–H and O–H groups in total. The lowest BCUT2D eigenvalue weighted by Gasteiger charge is -2.32. The SMILES string of the molecule is COC(=O)C1CCc2cc(B3OC(C)(C)C(C)(C)O3)ccc21. The molecule has 1 aromatic carbocycles. The van der Waals surface area contributed by atoms with E-state index in [2.05, 4.69) is 6.07 Å². The third-order valence-corrected chi connectivity index (χ3v) is 5.26. The van der Waals surface area contributed by atoms with Gasteiger partial charge in [-0.05, 0) is 57.1 Å². The van der Waals surface area contributed by atoms with E-state index in [0.29, 0.717) is 0 Å². The fourth-order valence-electron chi connectivity index (χ4n) is 3.15. The van der Waals surface area contributed by atoms with E-state index < -0.39 is 0 Å². The van der Waals surface area contributed by atoms with Crippen molar-refractivity contribution in [3.8, 4) is 0 Å². The van der Waals surface area contributed by atoms with Crippen LogP contribution >= 0.6 is 0 Å². The van der Waals surface area contributed by atoms with Gasteiger partial charge >= 0.3 is 13.1 Å². The first-order valence-electron chi connectivity index (χ1n) is 7.81. The monoisotopic (exact) mass is 302 g/mol. The van der Waals surface area contributed by atoms with E-state index in [9.17, 15) is 4.79 Å². The smallest absolute Gasteiger partial charge is 0.469 e. The summed E-state index contributed by atoms with van der Waals surface area (Å²) in [5, 5.41) is 0. The Kier molecular flexibility index (Phi) is 3.61. The molecule has 1 unspecified atom stereocenters. The summed E-state index contributed by atoms with van der Waals surface area (Å²) in [4.78, 5) is 11.8. The molecule has 0 saturated carbocycles. The number of ether oxygens (including phenoxy) is 1. The normalized spacial score (nSPS) is 25.1. The van der Waals surface area contributed by atoms with Crippen LogP contribution < -0.4 is 5.46 Å². The second kappa shape index (κ2) is 5.10. The molecule has 118 valence electrons. The summed E-state index contributed by atoms with van der Waals surface area (Å²) in [7, 11) is 1.09. The Hall–Kier alpha value is -1.33. The van der Waals surface area contributed by atoms with Gasteiger partial charge in [-0.15, -0.1) is 0 Å².